The number of methoxy groups -OCH3 is 1. The molecule has 0 saturated carbocycles. The average Bonchev–Trinajstić information content (AvgIpc) is 2.68. The first kappa shape index (κ1) is 17.4. The van der Waals surface area contributed by atoms with Crippen molar-refractivity contribution in [3.05, 3.63) is 64.5 Å². The monoisotopic (exact) mass is 367 g/mol. The Kier molecular flexibility index (Phi) is 4.73. The van der Waals surface area contributed by atoms with Crippen LogP contribution in [0.2, 0.25) is 0 Å². The number of phenols is 1. The summed E-state index contributed by atoms with van der Waals surface area (Å²) >= 11 is 0. The molecule has 2 aromatic carbocycles. The Labute approximate surface area is 157 Å². The maximum atomic E-state index is 12.0. The van der Waals surface area contributed by atoms with E-state index in [0.29, 0.717) is 17.1 Å². The summed E-state index contributed by atoms with van der Waals surface area (Å²) in [6, 6.07) is 14.6. The lowest BCUT2D eigenvalue weighted by molar-refractivity contribution is -0.914. The topological polar surface area (TPSA) is 67.3 Å². The Balaban J connectivity index is 1.51. The molecule has 1 aliphatic heterocycles. The number of ether oxygens (including phenoxy) is 1. The van der Waals surface area contributed by atoms with Crippen molar-refractivity contribution in [1.29, 1.82) is 0 Å². The number of piperazine rings is 1. The Morgan fingerprint density at radius 2 is 1.93 bits per heavy atom. The highest BCUT2D eigenvalue weighted by molar-refractivity contribution is 5.81. The number of fused-ring (bicyclic) bond motifs is 1. The average molecular weight is 367 g/mol. The smallest absolute Gasteiger partial charge is 0.336 e. The van der Waals surface area contributed by atoms with E-state index >= 15 is 0 Å². The molecule has 1 aliphatic rings. The summed E-state index contributed by atoms with van der Waals surface area (Å²) in [5, 5.41) is 11.0. The summed E-state index contributed by atoms with van der Waals surface area (Å²) < 4.78 is 10.6. The van der Waals surface area contributed by atoms with Gasteiger partial charge in [-0.25, -0.2) is 4.79 Å². The molecule has 0 unspecified atom stereocenters. The predicted octanol–water partition coefficient (Wildman–Crippen LogP) is 1.41. The van der Waals surface area contributed by atoms with Crippen LogP contribution in [-0.4, -0.2) is 38.4 Å². The van der Waals surface area contributed by atoms with Gasteiger partial charge < -0.3 is 24.1 Å². The summed E-state index contributed by atoms with van der Waals surface area (Å²) in [5.41, 5.74) is 2.10. The van der Waals surface area contributed by atoms with Crippen LogP contribution in [0.4, 0.5) is 5.69 Å². The first-order valence-electron chi connectivity index (χ1n) is 9.11. The Morgan fingerprint density at radius 1 is 1.15 bits per heavy atom. The molecule has 6 heteroatoms. The molecule has 0 atom stereocenters. The summed E-state index contributed by atoms with van der Waals surface area (Å²) in [4.78, 5) is 15.6. The van der Waals surface area contributed by atoms with E-state index in [-0.39, 0.29) is 5.63 Å². The molecule has 2 N–H and O–H groups in total. The first-order valence-corrected chi connectivity index (χ1v) is 9.11. The molecule has 3 aromatic rings. The highest BCUT2D eigenvalue weighted by Crippen LogP contribution is 2.26. The van der Waals surface area contributed by atoms with Gasteiger partial charge in [0.05, 0.1) is 39.0 Å². The highest BCUT2D eigenvalue weighted by Gasteiger charge is 2.23. The van der Waals surface area contributed by atoms with Gasteiger partial charge >= 0.3 is 5.63 Å². The van der Waals surface area contributed by atoms with E-state index in [0.717, 1.165) is 49.4 Å². The lowest BCUT2D eigenvalue weighted by Gasteiger charge is -2.34. The lowest BCUT2D eigenvalue weighted by Crippen LogP contribution is -3.13. The van der Waals surface area contributed by atoms with E-state index in [1.165, 1.54) is 4.90 Å². The Bertz CT molecular complexity index is 1010. The van der Waals surface area contributed by atoms with Crippen molar-refractivity contribution in [3.63, 3.8) is 0 Å². The fourth-order valence-corrected chi connectivity index (χ4v) is 3.72. The molecule has 1 aromatic heterocycles. The van der Waals surface area contributed by atoms with E-state index in [4.69, 9.17) is 9.15 Å². The molecule has 140 valence electrons. The molecule has 2 heterocycles. The zero-order valence-corrected chi connectivity index (χ0v) is 15.3. The van der Waals surface area contributed by atoms with Crippen molar-refractivity contribution in [2.45, 2.75) is 6.54 Å². The van der Waals surface area contributed by atoms with Crippen molar-refractivity contribution >= 4 is 16.7 Å². The van der Waals surface area contributed by atoms with E-state index < -0.39 is 0 Å². The highest BCUT2D eigenvalue weighted by atomic mass is 16.5. The maximum Gasteiger partial charge on any atom is 0.336 e. The van der Waals surface area contributed by atoms with Crippen LogP contribution in [0.15, 0.2) is 57.7 Å². The summed E-state index contributed by atoms with van der Waals surface area (Å²) in [7, 11) is 1.59. The van der Waals surface area contributed by atoms with Crippen molar-refractivity contribution in [2.75, 3.05) is 38.2 Å². The largest absolute Gasteiger partial charge is 0.506 e. The number of rotatable bonds is 4. The fourth-order valence-electron chi connectivity index (χ4n) is 3.72. The zero-order valence-electron chi connectivity index (χ0n) is 15.3. The Hall–Kier alpha value is -2.99. The molecule has 0 aliphatic carbocycles. The SMILES string of the molecule is COc1ccc2c(C[NH+]3CCN(c4ccccc4O)CC3)cc(=O)oc2c1. The molecule has 6 nitrogen and oxygen atoms in total. The number of quaternary nitrogens is 1. The van der Waals surface area contributed by atoms with Crippen LogP contribution in [0.25, 0.3) is 11.0 Å². The number of anilines is 1. The first-order chi connectivity index (χ1) is 13.1. The predicted molar refractivity (Wildman–Crippen MR) is 104 cm³/mol. The van der Waals surface area contributed by atoms with E-state index in [2.05, 4.69) is 4.90 Å². The van der Waals surface area contributed by atoms with Gasteiger partial charge in [-0.3, -0.25) is 0 Å². The quantitative estimate of drug-likeness (QED) is 0.683. The third-order valence-electron chi connectivity index (χ3n) is 5.17. The number of hydrogen-bond acceptors (Lipinski definition) is 5. The van der Waals surface area contributed by atoms with Gasteiger partial charge in [0, 0.05) is 23.1 Å². The molecule has 1 fully saturated rings. The summed E-state index contributed by atoms with van der Waals surface area (Å²) in [5.74, 6) is 0.994. The lowest BCUT2D eigenvalue weighted by atomic mass is 10.1. The molecule has 1 saturated heterocycles. The summed E-state index contributed by atoms with van der Waals surface area (Å²) in [6.45, 7) is 4.36. The summed E-state index contributed by atoms with van der Waals surface area (Å²) in [6.07, 6.45) is 0. The van der Waals surface area contributed by atoms with Gasteiger partial charge in [-0.15, -0.1) is 0 Å². The molecular weight excluding hydrogens is 344 g/mol. The van der Waals surface area contributed by atoms with E-state index in [9.17, 15) is 9.90 Å². The van der Waals surface area contributed by atoms with Crippen LogP contribution in [0.1, 0.15) is 5.56 Å². The number of phenolic OH excluding ortho intramolecular Hbond substituents is 1. The second-order valence-corrected chi connectivity index (χ2v) is 6.86. The van der Waals surface area contributed by atoms with Crippen LogP contribution < -0.4 is 20.2 Å². The van der Waals surface area contributed by atoms with Crippen molar-refractivity contribution in [1.82, 2.24) is 0 Å². The van der Waals surface area contributed by atoms with Gasteiger partial charge in [-0.05, 0) is 24.3 Å². The fraction of sp³-hybridized carbons (Fsp3) is 0.286. The van der Waals surface area contributed by atoms with Crippen LogP contribution in [-0.2, 0) is 6.54 Å². The van der Waals surface area contributed by atoms with Gasteiger partial charge in [-0.1, -0.05) is 12.1 Å². The molecule has 0 spiro atoms. The van der Waals surface area contributed by atoms with Gasteiger partial charge in [0.2, 0.25) is 0 Å². The Morgan fingerprint density at radius 3 is 2.67 bits per heavy atom. The minimum Gasteiger partial charge on any atom is -0.506 e. The number of aromatic hydroxyl groups is 1. The second-order valence-electron chi connectivity index (χ2n) is 6.86. The molecule has 0 bridgehead atoms. The van der Waals surface area contributed by atoms with Crippen molar-refractivity contribution in [2.24, 2.45) is 0 Å². The van der Waals surface area contributed by atoms with E-state index in [1.807, 2.05) is 30.3 Å². The van der Waals surface area contributed by atoms with Gasteiger partial charge in [0.15, 0.2) is 0 Å². The molecule has 4 rings (SSSR count). The zero-order chi connectivity index (χ0) is 18.8. The number of para-hydroxylation sites is 2. The molecular formula is C21H23N2O4+. The van der Waals surface area contributed by atoms with Gasteiger partial charge in [0.1, 0.15) is 23.6 Å². The third-order valence-corrected chi connectivity index (χ3v) is 5.17. The number of hydrogen-bond donors (Lipinski definition) is 2. The van der Waals surface area contributed by atoms with Crippen molar-refractivity contribution in [3.8, 4) is 11.5 Å². The second kappa shape index (κ2) is 7.32. The van der Waals surface area contributed by atoms with Crippen LogP contribution in [0.5, 0.6) is 11.5 Å². The minimum atomic E-state index is -0.335. The third kappa shape index (κ3) is 3.61. The van der Waals surface area contributed by atoms with Crippen molar-refractivity contribution < 1.29 is 19.2 Å². The van der Waals surface area contributed by atoms with Crippen LogP contribution in [0, 0.1) is 0 Å². The number of nitrogens with one attached hydrogen (secondary N) is 1. The standard InChI is InChI=1S/C21H22N2O4/c1-26-16-6-7-17-15(12-21(25)27-20(17)13-16)14-22-8-10-23(11-9-22)18-4-2-3-5-19(18)24/h2-7,12-13,24H,8-11,14H2,1H3/p+1. The van der Waals surface area contributed by atoms with Gasteiger partial charge in [-0.2, -0.15) is 0 Å². The van der Waals surface area contributed by atoms with Gasteiger partial charge in [0.25, 0.3) is 0 Å². The maximum absolute atomic E-state index is 12.0. The molecule has 27 heavy (non-hydrogen) atoms. The van der Waals surface area contributed by atoms with Crippen LogP contribution in [0.3, 0.4) is 0 Å². The molecule has 0 amide bonds. The van der Waals surface area contributed by atoms with Crippen LogP contribution >= 0.6 is 0 Å². The normalized spacial score (nSPS) is 15.2. The van der Waals surface area contributed by atoms with E-state index in [1.54, 1.807) is 25.3 Å². The minimum absolute atomic E-state index is 0.321. The number of benzene rings is 2. The number of nitrogens with zero attached hydrogens (tertiary/aromatic N) is 1. The molecule has 0 radical (unpaired) electrons.